The molecule has 3 aliphatic rings. The van der Waals surface area contributed by atoms with Crippen molar-refractivity contribution >= 4 is 5.91 Å². The Morgan fingerprint density at radius 3 is 2.84 bits per heavy atom. The minimum atomic E-state index is -0.0323. The van der Waals surface area contributed by atoms with Gasteiger partial charge in [0.15, 0.2) is 0 Å². The van der Waals surface area contributed by atoms with Gasteiger partial charge in [-0.2, -0.15) is 0 Å². The monoisotopic (exact) mass is 267 g/mol. The molecule has 2 heterocycles. The molecule has 0 aromatic rings. The summed E-state index contributed by atoms with van der Waals surface area (Å²) in [5.74, 6) is 0.712. The molecule has 0 radical (unpaired) electrons. The lowest BCUT2D eigenvalue weighted by Gasteiger charge is -2.49. The number of carbonyl (C=O) groups excluding carboxylic acids is 1. The Morgan fingerprint density at radius 2 is 2.11 bits per heavy atom. The number of amides is 1. The van der Waals surface area contributed by atoms with E-state index in [2.05, 4.69) is 5.32 Å². The van der Waals surface area contributed by atoms with Crippen LogP contribution >= 0.6 is 0 Å². The van der Waals surface area contributed by atoms with E-state index in [4.69, 9.17) is 9.47 Å². The number of nitrogens with one attached hydrogen (secondary N) is 1. The molecule has 1 spiro atoms. The predicted octanol–water partition coefficient (Wildman–Crippen LogP) is 2.02. The van der Waals surface area contributed by atoms with Crippen LogP contribution in [0.2, 0.25) is 0 Å². The van der Waals surface area contributed by atoms with E-state index >= 15 is 0 Å². The number of carbonyl (C=O) groups is 1. The van der Waals surface area contributed by atoms with E-state index < -0.39 is 0 Å². The first-order chi connectivity index (χ1) is 9.22. The zero-order valence-corrected chi connectivity index (χ0v) is 11.8. The summed E-state index contributed by atoms with van der Waals surface area (Å²) in [6.45, 7) is 3.52. The van der Waals surface area contributed by atoms with Crippen LogP contribution in [-0.2, 0) is 14.3 Å². The Kier molecular flexibility index (Phi) is 3.81. The summed E-state index contributed by atoms with van der Waals surface area (Å²) >= 11 is 0. The third-order valence-electron chi connectivity index (χ3n) is 5.09. The molecule has 19 heavy (non-hydrogen) atoms. The Morgan fingerprint density at radius 1 is 1.32 bits per heavy atom. The second kappa shape index (κ2) is 5.41. The molecule has 1 N–H and O–H groups in total. The lowest BCUT2D eigenvalue weighted by molar-refractivity contribution is -0.189. The molecular formula is C15H25NO3. The second-order valence-corrected chi connectivity index (χ2v) is 6.28. The van der Waals surface area contributed by atoms with Crippen LogP contribution < -0.4 is 5.32 Å². The van der Waals surface area contributed by atoms with Crippen molar-refractivity contribution in [1.29, 1.82) is 0 Å². The highest BCUT2D eigenvalue weighted by molar-refractivity contribution is 5.75. The molecule has 2 aliphatic heterocycles. The quantitative estimate of drug-likeness (QED) is 0.832. The summed E-state index contributed by atoms with van der Waals surface area (Å²) in [7, 11) is 0. The van der Waals surface area contributed by atoms with Gasteiger partial charge in [-0.15, -0.1) is 0 Å². The Labute approximate surface area is 115 Å². The maximum absolute atomic E-state index is 11.8. The van der Waals surface area contributed by atoms with E-state index in [1.54, 1.807) is 0 Å². The normalized spacial score (nSPS) is 37.0. The van der Waals surface area contributed by atoms with Gasteiger partial charge >= 0.3 is 0 Å². The van der Waals surface area contributed by atoms with Crippen LogP contribution in [0.15, 0.2) is 0 Å². The molecule has 4 heteroatoms. The predicted molar refractivity (Wildman–Crippen MR) is 71.8 cm³/mol. The molecule has 0 aromatic carbocycles. The molecule has 1 saturated carbocycles. The first-order valence-electron chi connectivity index (χ1n) is 7.77. The third kappa shape index (κ3) is 2.65. The minimum Gasteiger partial charge on any atom is -0.381 e. The molecule has 108 valence electrons. The van der Waals surface area contributed by atoms with Crippen LogP contribution in [0.4, 0.5) is 0 Å². The molecule has 1 amide bonds. The van der Waals surface area contributed by atoms with Crippen molar-refractivity contribution in [2.45, 2.75) is 69.6 Å². The second-order valence-electron chi connectivity index (χ2n) is 6.28. The Hall–Kier alpha value is -0.610. The van der Waals surface area contributed by atoms with Crippen molar-refractivity contribution in [2.75, 3.05) is 13.2 Å². The summed E-state index contributed by atoms with van der Waals surface area (Å²) in [6.07, 6.45) is 7.46. The average molecular weight is 267 g/mol. The van der Waals surface area contributed by atoms with E-state index in [1.807, 2.05) is 6.92 Å². The number of hydrogen-bond donors (Lipinski definition) is 1. The van der Waals surface area contributed by atoms with Crippen molar-refractivity contribution in [3.8, 4) is 0 Å². The van der Waals surface area contributed by atoms with Crippen LogP contribution in [-0.4, -0.2) is 36.9 Å². The molecule has 3 rings (SSSR count). The average Bonchev–Trinajstić information content (AvgIpc) is 2.87. The van der Waals surface area contributed by atoms with Crippen LogP contribution in [0.25, 0.3) is 0 Å². The highest BCUT2D eigenvalue weighted by Gasteiger charge is 2.49. The van der Waals surface area contributed by atoms with Crippen molar-refractivity contribution in [3.05, 3.63) is 0 Å². The third-order valence-corrected chi connectivity index (χ3v) is 5.09. The Balaban J connectivity index is 1.74. The van der Waals surface area contributed by atoms with Gasteiger partial charge in [-0.05, 0) is 32.1 Å². The summed E-state index contributed by atoms with van der Waals surface area (Å²) in [5.41, 5.74) is -0.0323. The standard InChI is InChI=1S/C15H25NO3/c1-2-14(17)16-12-10-15(6-8-18-9-7-15)19-13-5-3-4-11(12)13/h11-13H,2-10H2,1H3,(H,16,17)/t11-,12+,13+/m1/s1. The number of fused-ring (bicyclic) bond motifs is 1. The molecule has 3 atom stereocenters. The van der Waals surface area contributed by atoms with Gasteiger partial charge in [-0.1, -0.05) is 13.3 Å². The Bertz CT molecular complexity index is 338. The van der Waals surface area contributed by atoms with Gasteiger partial charge in [0.05, 0.1) is 11.7 Å². The molecule has 0 unspecified atom stereocenters. The molecule has 4 nitrogen and oxygen atoms in total. The molecule has 0 bridgehead atoms. The van der Waals surface area contributed by atoms with Crippen LogP contribution in [0.5, 0.6) is 0 Å². The molecule has 1 aliphatic carbocycles. The number of ether oxygens (including phenoxy) is 2. The van der Waals surface area contributed by atoms with Gasteiger partial charge in [-0.25, -0.2) is 0 Å². The van der Waals surface area contributed by atoms with Crippen LogP contribution in [0.3, 0.4) is 0 Å². The molecule has 2 saturated heterocycles. The van der Waals surface area contributed by atoms with E-state index in [1.165, 1.54) is 12.8 Å². The van der Waals surface area contributed by atoms with Crippen LogP contribution in [0.1, 0.15) is 51.9 Å². The summed E-state index contributed by atoms with van der Waals surface area (Å²) in [4.78, 5) is 11.8. The zero-order valence-electron chi connectivity index (χ0n) is 11.8. The molecular weight excluding hydrogens is 242 g/mol. The smallest absolute Gasteiger partial charge is 0.219 e. The van der Waals surface area contributed by atoms with E-state index in [-0.39, 0.29) is 11.5 Å². The van der Waals surface area contributed by atoms with E-state index in [0.717, 1.165) is 38.9 Å². The van der Waals surface area contributed by atoms with E-state index in [9.17, 15) is 4.79 Å². The lowest BCUT2D eigenvalue weighted by atomic mass is 9.78. The topological polar surface area (TPSA) is 47.6 Å². The first kappa shape index (κ1) is 13.4. The van der Waals surface area contributed by atoms with Gasteiger partial charge in [0, 0.05) is 31.6 Å². The van der Waals surface area contributed by atoms with Crippen LogP contribution in [0, 0.1) is 5.92 Å². The largest absolute Gasteiger partial charge is 0.381 e. The van der Waals surface area contributed by atoms with Gasteiger partial charge in [0.1, 0.15) is 0 Å². The fourth-order valence-corrected chi connectivity index (χ4v) is 4.01. The lowest BCUT2D eigenvalue weighted by Crippen LogP contribution is -2.57. The fraction of sp³-hybridized carbons (Fsp3) is 0.933. The highest BCUT2D eigenvalue weighted by atomic mass is 16.5. The summed E-state index contributed by atoms with van der Waals surface area (Å²) < 4.78 is 11.9. The minimum absolute atomic E-state index is 0.0323. The number of rotatable bonds is 2. The summed E-state index contributed by atoms with van der Waals surface area (Å²) in [6, 6.07) is 0.312. The van der Waals surface area contributed by atoms with Crippen molar-refractivity contribution < 1.29 is 14.3 Å². The van der Waals surface area contributed by atoms with Crippen molar-refractivity contribution in [1.82, 2.24) is 5.32 Å². The molecule has 0 aromatic heterocycles. The fourth-order valence-electron chi connectivity index (χ4n) is 4.01. The van der Waals surface area contributed by atoms with Crippen molar-refractivity contribution in [2.24, 2.45) is 5.92 Å². The van der Waals surface area contributed by atoms with Gasteiger partial charge in [0.2, 0.25) is 5.91 Å². The first-order valence-corrected chi connectivity index (χ1v) is 7.77. The van der Waals surface area contributed by atoms with E-state index in [0.29, 0.717) is 24.5 Å². The summed E-state index contributed by atoms with van der Waals surface area (Å²) in [5, 5.41) is 3.25. The number of hydrogen-bond acceptors (Lipinski definition) is 3. The van der Waals surface area contributed by atoms with Crippen molar-refractivity contribution in [3.63, 3.8) is 0 Å². The van der Waals surface area contributed by atoms with Gasteiger partial charge < -0.3 is 14.8 Å². The highest BCUT2D eigenvalue weighted by Crippen LogP contribution is 2.45. The van der Waals surface area contributed by atoms with Gasteiger partial charge in [0.25, 0.3) is 0 Å². The molecule has 3 fully saturated rings. The van der Waals surface area contributed by atoms with Gasteiger partial charge in [-0.3, -0.25) is 4.79 Å². The maximum atomic E-state index is 11.8. The zero-order chi connectivity index (χ0) is 13.3. The SMILES string of the molecule is CCC(=O)N[C@H]1CC2(CCOCC2)O[C@H]2CCC[C@H]12. The maximum Gasteiger partial charge on any atom is 0.219 e.